The van der Waals surface area contributed by atoms with Crippen molar-refractivity contribution in [2.45, 2.75) is 18.9 Å². The van der Waals surface area contributed by atoms with Gasteiger partial charge in [0.05, 0.1) is 0 Å². The third kappa shape index (κ3) is 2.47. The summed E-state index contributed by atoms with van der Waals surface area (Å²) in [7, 11) is 1.54. The van der Waals surface area contributed by atoms with Crippen molar-refractivity contribution in [3.8, 4) is 11.5 Å². The van der Waals surface area contributed by atoms with Crippen molar-refractivity contribution in [3.05, 3.63) is 23.8 Å². The average molecular weight is 264 g/mol. The summed E-state index contributed by atoms with van der Waals surface area (Å²) in [5, 5.41) is 21.2. The van der Waals surface area contributed by atoms with Crippen LogP contribution in [-0.4, -0.2) is 46.6 Å². The highest BCUT2D eigenvalue weighted by atomic mass is 16.3. The molecule has 1 unspecified atom stereocenters. The number of likely N-dealkylation sites (N-methyl/N-ethyl adjacent to an activating group) is 1. The van der Waals surface area contributed by atoms with Crippen LogP contribution in [0.25, 0.3) is 0 Å². The van der Waals surface area contributed by atoms with E-state index in [1.807, 2.05) is 0 Å². The Kier molecular flexibility index (Phi) is 3.59. The Labute approximate surface area is 110 Å². The first-order valence-corrected chi connectivity index (χ1v) is 6.09. The molecule has 1 saturated heterocycles. The van der Waals surface area contributed by atoms with Gasteiger partial charge in [0.15, 0.2) is 11.5 Å². The minimum atomic E-state index is -0.464. The molecule has 0 aliphatic carbocycles. The summed E-state index contributed by atoms with van der Waals surface area (Å²) in [6, 6.07) is 3.43. The molecule has 0 aromatic heterocycles. The number of aromatic hydroxyl groups is 2. The minimum Gasteiger partial charge on any atom is -0.504 e. The molecule has 0 bridgehead atoms. The molecule has 1 aromatic carbocycles. The van der Waals surface area contributed by atoms with Crippen molar-refractivity contribution >= 4 is 11.8 Å². The lowest BCUT2D eigenvalue weighted by atomic mass is 10.1. The molecule has 102 valence electrons. The van der Waals surface area contributed by atoms with Gasteiger partial charge >= 0.3 is 0 Å². The Morgan fingerprint density at radius 3 is 2.68 bits per heavy atom. The van der Waals surface area contributed by atoms with Crippen LogP contribution < -0.4 is 5.32 Å². The van der Waals surface area contributed by atoms with E-state index in [4.69, 9.17) is 0 Å². The van der Waals surface area contributed by atoms with Crippen LogP contribution in [0.5, 0.6) is 11.5 Å². The maximum Gasteiger partial charge on any atom is 0.254 e. The summed E-state index contributed by atoms with van der Waals surface area (Å²) in [4.78, 5) is 25.5. The Hall–Kier alpha value is -2.24. The highest BCUT2D eigenvalue weighted by Gasteiger charge is 2.34. The first-order valence-electron chi connectivity index (χ1n) is 6.09. The first kappa shape index (κ1) is 13.2. The van der Waals surface area contributed by atoms with Gasteiger partial charge in [-0.1, -0.05) is 0 Å². The molecule has 1 aliphatic heterocycles. The predicted molar refractivity (Wildman–Crippen MR) is 67.9 cm³/mol. The average Bonchev–Trinajstić information content (AvgIpc) is 2.89. The van der Waals surface area contributed by atoms with Gasteiger partial charge in [0, 0.05) is 19.2 Å². The van der Waals surface area contributed by atoms with Crippen molar-refractivity contribution in [3.63, 3.8) is 0 Å². The number of carbonyl (C=O) groups excluding carboxylic acids is 2. The second kappa shape index (κ2) is 5.17. The van der Waals surface area contributed by atoms with Crippen LogP contribution in [0.4, 0.5) is 0 Å². The van der Waals surface area contributed by atoms with Gasteiger partial charge < -0.3 is 20.4 Å². The fourth-order valence-electron chi connectivity index (χ4n) is 2.27. The van der Waals surface area contributed by atoms with Crippen LogP contribution >= 0.6 is 0 Å². The van der Waals surface area contributed by atoms with Gasteiger partial charge in [0.25, 0.3) is 5.91 Å². The van der Waals surface area contributed by atoms with Gasteiger partial charge in [-0.3, -0.25) is 9.59 Å². The number of rotatable bonds is 2. The molecule has 1 aliphatic rings. The molecule has 6 heteroatoms. The number of likely N-dealkylation sites (tertiary alicyclic amines) is 1. The number of amides is 2. The number of phenolic OH excluding ortho intramolecular Hbond substituents is 2. The molecular weight excluding hydrogens is 248 g/mol. The lowest BCUT2D eigenvalue weighted by Gasteiger charge is -2.23. The fraction of sp³-hybridized carbons (Fsp3) is 0.385. The summed E-state index contributed by atoms with van der Waals surface area (Å²) in [6.07, 6.45) is 1.41. The first-order chi connectivity index (χ1) is 9.04. The maximum atomic E-state index is 12.3. The van der Waals surface area contributed by atoms with E-state index in [2.05, 4.69) is 5.32 Å². The van der Waals surface area contributed by atoms with E-state index in [9.17, 15) is 19.8 Å². The van der Waals surface area contributed by atoms with Gasteiger partial charge in [-0.15, -0.1) is 0 Å². The third-order valence-corrected chi connectivity index (χ3v) is 3.29. The van der Waals surface area contributed by atoms with Gasteiger partial charge in [0.2, 0.25) is 5.91 Å². The van der Waals surface area contributed by atoms with Crippen LogP contribution in [0.15, 0.2) is 18.2 Å². The summed E-state index contributed by atoms with van der Waals surface area (Å²) in [5.74, 6) is -1.13. The number of nitrogens with one attached hydrogen (secondary N) is 1. The van der Waals surface area contributed by atoms with Crippen LogP contribution in [0, 0.1) is 0 Å². The molecule has 1 fully saturated rings. The van der Waals surface area contributed by atoms with Crippen molar-refractivity contribution in [1.82, 2.24) is 10.2 Å². The zero-order chi connectivity index (χ0) is 14.0. The quantitative estimate of drug-likeness (QED) is 0.676. The molecule has 1 atom stereocenters. The van der Waals surface area contributed by atoms with E-state index >= 15 is 0 Å². The maximum absolute atomic E-state index is 12.3. The summed E-state index contributed by atoms with van der Waals surface area (Å²) >= 11 is 0. The summed E-state index contributed by atoms with van der Waals surface area (Å²) in [5.41, 5.74) is 0.256. The molecular formula is C13H16N2O4. The minimum absolute atomic E-state index is 0.186. The number of hydrogen-bond donors (Lipinski definition) is 3. The van der Waals surface area contributed by atoms with E-state index < -0.39 is 6.04 Å². The zero-order valence-corrected chi connectivity index (χ0v) is 10.6. The Balaban J connectivity index is 2.23. The molecule has 2 rings (SSSR count). The second-order valence-corrected chi connectivity index (χ2v) is 4.47. The molecule has 0 radical (unpaired) electrons. The highest BCUT2D eigenvalue weighted by Crippen LogP contribution is 2.27. The van der Waals surface area contributed by atoms with Crippen molar-refractivity contribution in [2.75, 3.05) is 13.6 Å². The molecule has 19 heavy (non-hydrogen) atoms. The number of hydrogen-bond acceptors (Lipinski definition) is 4. The lowest BCUT2D eigenvalue weighted by Crippen LogP contribution is -2.44. The summed E-state index contributed by atoms with van der Waals surface area (Å²) < 4.78 is 0. The van der Waals surface area contributed by atoms with Crippen LogP contribution in [0.3, 0.4) is 0 Å². The Morgan fingerprint density at radius 2 is 2.05 bits per heavy atom. The van der Waals surface area contributed by atoms with Crippen molar-refractivity contribution in [1.29, 1.82) is 0 Å². The topological polar surface area (TPSA) is 89.9 Å². The third-order valence-electron chi connectivity index (χ3n) is 3.29. The van der Waals surface area contributed by atoms with Crippen molar-refractivity contribution in [2.24, 2.45) is 0 Å². The Bertz CT molecular complexity index is 515. The smallest absolute Gasteiger partial charge is 0.254 e. The molecule has 0 spiro atoms. The Morgan fingerprint density at radius 1 is 1.32 bits per heavy atom. The van der Waals surface area contributed by atoms with E-state index in [0.717, 1.165) is 6.42 Å². The van der Waals surface area contributed by atoms with Crippen molar-refractivity contribution < 1.29 is 19.8 Å². The number of benzene rings is 1. The van der Waals surface area contributed by atoms with Crippen LogP contribution in [0.2, 0.25) is 0 Å². The van der Waals surface area contributed by atoms with Gasteiger partial charge in [-0.05, 0) is 31.0 Å². The second-order valence-electron chi connectivity index (χ2n) is 4.47. The molecule has 0 saturated carbocycles. The SMILES string of the molecule is CNC(=O)C1CCCN1C(=O)c1ccc(O)c(O)c1. The lowest BCUT2D eigenvalue weighted by molar-refractivity contribution is -0.124. The normalized spacial score (nSPS) is 18.4. The van der Waals surface area contributed by atoms with E-state index in [-0.39, 0.29) is 28.9 Å². The van der Waals surface area contributed by atoms with E-state index in [0.29, 0.717) is 13.0 Å². The fourth-order valence-corrected chi connectivity index (χ4v) is 2.27. The van der Waals surface area contributed by atoms with Crippen LogP contribution in [0.1, 0.15) is 23.2 Å². The van der Waals surface area contributed by atoms with Gasteiger partial charge in [-0.2, -0.15) is 0 Å². The standard InChI is InChI=1S/C13H16N2O4/c1-14-12(18)9-3-2-6-15(9)13(19)8-4-5-10(16)11(17)7-8/h4-5,7,9,16-17H,2-3,6H2,1H3,(H,14,18). The number of nitrogens with zero attached hydrogens (tertiary/aromatic N) is 1. The molecule has 6 nitrogen and oxygen atoms in total. The largest absolute Gasteiger partial charge is 0.504 e. The molecule has 1 aromatic rings. The molecule has 3 N–H and O–H groups in total. The molecule has 1 heterocycles. The highest BCUT2D eigenvalue weighted by molar-refractivity contribution is 5.98. The van der Waals surface area contributed by atoms with E-state index in [1.54, 1.807) is 0 Å². The predicted octanol–water partition coefficient (Wildman–Crippen LogP) is 0.448. The van der Waals surface area contributed by atoms with Crippen LogP contribution in [-0.2, 0) is 4.79 Å². The molecule has 2 amide bonds. The van der Waals surface area contributed by atoms with E-state index in [1.165, 1.54) is 30.1 Å². The summed E-state index contributed by atoms with van der Waals surface area (Å²) in [6.45, 7) is 0.512. The number of carbonyl (C=O) groups is 2. The monoisotopic (exact) mass is 264 g/mol. The van der Waals surface area contributed by atoms with Gasteiger partial charge in [0.1, 0.15) is 6.04 Å². The number of phenols is 2. The van der Waals surface area contributed by atoms with Gasteiger partial charge in [-0.25, -0.2) is 0 Å². The zero-order valence-electron chi connectivity index (χ0n) is 10.6.